The number of nitrogens with two attached hydrogens (primary N) is 1. The molecule has 0 bridgehead atoms. The molecular formula is C15H21N3. The van der Waals surface area contributed by atoms with E-state index in [9.17, 15) is 0 Å². The fraction of sp³-hybridized carbons (Fsp3) is 0.400. The van der Waals surface area contributed by atoms with Gasteiger partial charge in [-0.05, 0) is 18.9 Å². The minimum Gasteiger partial charge on any atom is -0.335 e. The summed E-state index contributed by atoms with van der Waals surface area (Å²) < 4.78 is 2.19. The fourth-order valence-electron chi connectivity index (χ4n) is 2.19. The topological polar surface area (TPSA) is 43.8 Å². The van der Waals surface area contributed by atoms with Crippen molar-refractivity contribution < 1.29 is 0 Å². The molecule has 2 rings (SSSR count). The molecule has 1 unspecified atom stereocenters. The molecule has 1 aromatic heterocycles. The predicted molar refractivity (Wildman–Crippen MR) is 74.3 cm³/mol. The van der Waals surface area contributed by atoms with E-state index in [4.69, 9.17) is 5.73 Å². The smallest absolute Gasteiger partial charge is 0.110 e. The van der Waals surface area contributed by atoms with Gasteiger partial charge in [-0.25, -0.2) is 4.98 Å². The molecule has 0 radical (unpaired) electrons. The standard InChI is InChI=1S/C15H21N3/c1-3-8-18-9-7-17-15(18)11-14(16)13-6-4-5-12(2)10-13/h4-7,9-10,14H,3,8,11,16H2,1-2H3. The quantitative estimate of drug-likeness (QED) is 0.877. The van der Waals surface area contributed by atoms with Crippen molar-refractivity contribution in [2.75, 3.05) is 0 Å². The Hall–Kier alpha value is -1.61. The van der Waals surface area contributed by atoms with Crippen LogP contribution >= 0.6 is 0 Å². The van der Waals surface area contributed by atoms with E-state index < -0.39 is 0 Å². The van der Waals surface area contributed by atoms with Crippen molar-refractivity contribution in [3.63, 3.8) is 0 Å². The zero-order valence-electron chi connectivity index (χ0n) is 11.1. The zero-order chi connectivity index (χ0) is 13.0. The molecule has 2 N–H and O–H groups in total. The number of hydrogen-bond acceptors (Lipinski definition) is 2. The van der Waals surface area contributed by atoms with Crippen molar-refractivity contribution in [3.05, 3.63) is 53.6 Å². The van der Waals surface area contributed by atoms with Crippen LogP contribution in [0.4, 0.5) is 0 Å². The van der Waals surface area contributed by atoms with Crippen LogP contribution in [0.5, 0.6) is 0 Å². The van der Waals surface area contributed by atoms with E-state index in [-0.39, 0.29) is 6.04 Å². The molecule has 0 saturated carbocycles. The Morgan fingerprint density at radius 2 is 2.22 bits per heavy atom. The van der Waals surface area contributed by atoms with Crippen molar-refractivity contribution in [1.29, 1.82) is 0 Å². The van der Waals surface area contributed by atoms with Crippen LogP contribution < -0.4 is 5.73 Å². The summed E-state index contributed by atoms with van der Waals surface area (Å²) >= 11 is 0. The summed E-state index contributed by atoms with van der Waals surface area (Å²) in [5.41, 5.74) is 8.70. The minimum atomic E-state index is 0.0166. The second kappa shape index (κ2) is 5.83. The Bertz CT molecular complexity index is 502. The summed E-state index contributed by atoms with van der Waals surface area (Å²) in [7, 11) is 0. The van der Waals surface area contributed by atoms with Crippen molar-refractivity contribution in [3.8, 4) is 0 Å². The lowest BCUT2D eigenvalue weighted by molar-refractivity contribution is 0.598. The third-order valence-corrected chi connectivity index (χ3v) is 3.14. The van der Waals surface area contributed by atoms with Gasteiger partial charge >= 0.3 is 0 Å². The van der Waals surface area contributed by atoms with E-state index in [1.54, 1.807) is 0 Å². The van der Waals surface area contributed by atoms with Gasteiger partial charge in [0.25, 0.3) is 0 Å². The van der Waals surface area contributed by atoms with Crippen LogP contribution in [-0.4, -0.2) is 9.55 Å². The van der Waals surface area contributed by atoms with Gasteiger partial charge in [-0.3, -0.25) is 0 Å². The maximum atomic E-state index is 6.27. The molecule has 1 heterocycles. The molecule has 0 aliphatic heterocycles. The lowest BCUT2D eigenvalue weighted by Crippen LogP contribution is -2.16. The number of imidazole rings is 1. The highest BCUT2D eigenvalue weighted by molar-refractivity contribution is 5.25. The number of aryl methyl sites for hydroxylation is 2. The van der Waals surface area contributed by atoms with Gasteiger partial charge in [-0.1, -0.05) is 36.8 Å². The Morgan fingerprint density at radius 3 is 2.94 bits per heavy atom. The first-order chi connectivity index (χ1) is 8.70. The van der Waals surface area contributed by atoms with Gasteiger partial charge in [0.15, 0.2) is 0 Å². The molecule has 0 spiro atoms. The second-order valence-electron chi connectivity index (χ2n) is 4.76. The summed E-state index contributed by atoms with van der Waals surface area (Å²) in [4.78, 5) is 4.41. The molecule has 3 nitrogen and oxygen atoms in total. The summed E-state index contributed by atoms with van der Waals surface area (Å²) in [5.74, 6) is 1.07. The molecule has 2 aromatic rings. The summed E-state index contributed by atoms with van der Waals surface area (Å²) in [6, 6.07) is 8.41. The highest BCUT2D eigenvalue weighted by Crippen LogP contribution is 2.16. The van der Waals surface area contributed by atoms with E-state index in [0.717, 1.165) is 25.2 Å². The maximum Gasteiger partial charge on any atom is 0.110 e. The van der Waals surface area contributed by atoms with E-state index in [1.165, 1.54) is 11.1 Å². The molecule has 0 aliphatic carbocycles. The lowest BCUT2D eigenvalue weighted by Gasteiger charge is -2.13. The zero-order valence-corrected chi connectivity index (χ0v) is 11.1. The molecule has 0 saturated heterocycles. The molecular weight excluding hydrogens is 222 g/mol. The number of hydrogen-bond donors (Lipinski definition) is 1. The maximum absolute atomic E-state index is 6.27. The van der Waals surface area contributed by atoms with Crippen LogP contribution in [0.3, 0.4) is 0 Å². The predicted octanol–water partition coefficient (Wildman–Crippen LogP) is 2.84. The highest BCUT2D eigenvalue weighted by Gasteiger charge is 2.11. The summed E-state index contributed by atoms with van der Waals surface area (Å²) in [6.07, 6.45) is 5.79. The van der Waals surface area contributed by atoms with Crippen LogP contribution in [0.15, 0.2) is 36.7 Å². The number of rotatable bonds is 5. The number of aromatic nitrogens is 2. The minimum absolute atomic E-state index is 0.0166. The summed E-state index contributed by atoms with van der Waals surface area (Å²) in [5, 5.41) is 0. The van der Waals surface area contributed by atoms with Crippen molar-refractivity contribution in [1.82, 2.24) is 9.55 Å². The van der Waals surface area contributed by atoms with E-state index in [0.29, 0.717) is 0 Å². The van der Waals surface area contributed by atoms with Gasteiger partial charge in [0.2, 0.25) is 0 Å². The first-order valence-electron chi connectivity index (χ1n) is 6.53. The second-order valence-corrected chi connectivity index (χ2v) is 4.76. The van der Waals surface area contributed by atoms with E-state index >= 15 is 0 Å². The average molecular weight is 243 g/mol. The molecule has 96 valence electrons. The van der Waals surface area contributed by atoms with E-state index in [2.05, 4.69) is 47.7 Å². The first kappa shape index (κ1) is 12.8. The van der Waals surface area contributed by atoms with Gasteiger partial charge < -0.3 is 10.3 Å². The Kier molecular flexibility index (Phi) is 4.15. The fourth-order valence-corrected chi connectivity index (χ4v) is 2.19. The first-order valence-corrected chi connectivity index (χ1v) is 6.53. The van der Waals surface area contributed by atoms with Gasteiger partial charge in [-0.15, -0.1) is 0 Å². The van der Waals surface area contributed by atoms with Gasteiger partial charge in [-0.2, -0.15) is 0 Å². The molecule has 0 amide bonds. The molecule has 0 aliphatic rings. The van der Waals surface area contributed by atoms with Gasteiger partial charge in [0, 0.05) is 31.4 Å². The third kappa shape index (κ3) is 2.99. The van der Waals surface area contributed by atoms with Crippen LogP contribution in [0.1, 0.15) is 36.3 Å². The summed E-state index contributed by atoms with van der Waals surface area (Å²) in [6.45, 7) is 5.27. The van der Waals surface area contributed by atoms with Crippen molar-refractivity contribution >= 4 is 0 Å². The normalized spacial score (nSPS) is 12.6. The Labute approximate surface area is 109 Å². The van der Waals surface area contributed by atoms with Gasteiger partial charge in [0.05, 0.1) is 0 Å². The van der Waals surface area contributed by atoms with Crippen LogP contribution in [0.2, 0.25) is 0 Å². The van der Waals surface area contributed by atoms with Crippen LogP contribution in [0, 0.1) is 6.92 Å². The van der Waals surface area contributed by atoms with Gasteiger partial charge in [0.1, 0.15) is 5.82 Å². The Morgan fingerprint density at radius 1 is 1.39 bits per heavy atom. The molecule has 1 atom stereocenters. The average Bonchev–Trinajstić information content (AvgIpc) is 2.77. The molecule has 3 heteroatoms. The van der Waals surface area contributed by atoms with Crippen molar-refractivity contribution in [2.45, 2.75) is 39.3 Å². The highest BCUT2D eigenvalue weighted by atomic mass is 15.1. The monoisotopic (exact) mass is 243 g/mol. The van der Waals surface area contributed by atoms with Crippen LogP contribution in [0.25, 0.3) is 0 Å². The SMILES string of the molecule is CCCn1ccnc1CC(N)c1cccc(C)c1. The third-order valence-electron chi connectivity index (χ3n) is 3.14. The molecule has 1 aromatic carbocycles. The van der Waals surface area contributed by atoms with Crippen LogP contribution in [-0.2, 0) is 13.0 Å². The Balaban J connectivity index is 2.11. The van der Waals surface area contributed by atoms with Crippen molar-refractivity contribution in [2.24, 2.45) is 5.73 Å². The number of nitrogens with zero attached hydrogens (tertiary/aromatic N) is 2. The van der Waals surface area contributed by atoms with E-state index in [1.807, 2.05) is 12.4 Å². The largest absolute Gasteiger partial charge is 0.335 e. The lowest BCUT2D eigenvalue weighted by atomic mass is 10.0. The molecule has 0 fully saturated rings. The molecule has 18 heavy (non-hydrogen) atoms. The number of benzene rings is 1.